The maximum Gasteiger partial charge on any atom is 0.335 e. The molecule has 0 spiro atoms. The van der Waals surface area contributed by atoms with Gasteiger partial charge < -0.3 is 15.3 Å². The van der Waals surface area contributed by atoms with E-state index in [9.17, 15) is 19.5 Å². The molecule has 2 unspecified atom stereocenters. The molecule has 2 amide bonds. The molecule has 4 aromatic rings. The monoisotopic (exact) mass is 574 g/mol. The molecule has 2 heterocycles. The van der Waals surface area contributed by atoms with Gasteiger partial charge in [0.25, 0.3) is 5.91 Å². The van der Waals surface area contributed by atoms with Crippen LogP contribution >= 0.6 is 0 Å². The van der Waals surface area contributed by atoms with Gasteiger partial charge in [-0.15, -0.1) is 0 Å². The molecule has 0 radical (unpaired) electrons. The first kappa shape index (κ1) is 27.1. The number of carboxylic acids is 1. The summed E-state index contributed by atoms with van der Waals surface area (Å²) < 4.78 is 0. The van der Waals surface area contributed by atoms with Crippen molar-refractivity contribution in [3.8, 4) is 11.1 Å². The van der Waals surface area contributed by atoms with Crippen molar-refractivity contribution in [1.29, 1.82) is 0 Å². The number of H-pyrrole nitrogens is 1. The number of carboxylic acid groups (broad SMARTS) is 1. The first-order valence-corrected chi connectivity index (χ1v) is 15.0. The predicted octanol–water partition coefficient (Wildman–Crippen LogP) is 5.58. The molecule has 8 heteroatoms. The Morgan fingerprint density at radius 2 is 1.79 bits per heavy atom. The Hall–Kier alpha value is -4.72. The van der Waals surface area contributed by atoms with Crippen LogP contribution in [0.25, 0.3) is 11.1 Å². The SMILES string of the molecule is Cc1c(C(=O)O)cccc1-c1ccc(CNC(=O)C2CC2c2ccccc2)c2c1CCN(C(=O)c1c[nH]nc1C1CC1)C2. The van der Waals surface area contributed by atoms with E-state index in [0.29, 0.717) is 43.1 Å². The summed E-state index contributed by atoms with van der Waals surface area (Å²) in [4.78, 5) is 40.7. The molecule has 3 N–H and O–H groups in total. The number of benzene rings is 3. The minimum absolute atomic E-state index is 0.0288. The Bertz CT molecular complexity index is 1740. The summed E-state index contributed by atoms with van der Waals surface area (Å²) in [5, 5.41) is 20.2. The number of nitrogens with zero attached hydrogens (tertiary/aromatic N) is 2. The lowest BCUT2D eigenvalue weighted by Gasteiger charge is -2.32. The molecule has 218 valence electrons. The maximum atomic E-state index is 13.7. The second-order valence-electron chi connectivity index (χ2n) is 12.0. The van der Waals surface area contributed by atoms with Crippen molar-refractivity contribution in [1.82, 2.24) is 20.4 Å². The minimum Gasteiger partial charge on any atom is -0.478 e. The van der Waals surface area contributed by atoms with Gasteiger partial charge in [-0.1, -0.05) is 54.6 Å². The summed E-state index contributed by atoms with van der Waals surface area (Å²) in [5.41, 5.74) is 8.63. The Balaban J connectivity index is 1.19. The van der Waals surface area contributed by atoms with Gasteiger partial charge in [0.15, 0.2) is 0 Å². The Labute approximate surface area is 250 Å². The van der Waals surface area contributed by atoms with Crippen molar-refractivity contribution in [2.45, 2.75) is 57.5 Å². The van der Waals surface area contributed by atoms with Gasteiger partial charge in [0.05, 0.1) is 16.8 Å². The molecule has 2 fully saturated rings. The average Bonchev–Trinajstić information content (AvgIpc) is 3.97. The van der Waals surface area contributed by atoms with Gasteiger partial charge in [0.1, 0.15) is 0 Å². The zero-order valence-corrected chi connectivity index (χ0v) is 24.1. The molecule has 1 aliphatic heterocycles. The third kappa shape index (κ3) is 5.11. The number of fused-ring (bicyclic) bond motifs is 1. The number of aromatic carboxylic acids is 1. The molecule has 0 saturated heterocycles. The first-order valence-electron chi connectivity index (χ1n) is 15.0. The van der Waals surface area contributed by atoms with E-state index in [0.717, 1.165) is 52.8 Å². The van der Waals surface area contributed by atoms with Crippen LogP contribution in [0.3, 0.4) is 0 Å². The summed E-state index contributed by atoms with van der Waals surface area (Å²) >= 11 is 0. The number of carbonyl (C=O) groups excluding carboxylic acids is 2. The van der Waals surface area contributed by atoms with Crippen LogP contribution in [0.2, 0.25) is 0 Å². The van der Waals surface area contributed by atoms with Crippen LogP contribution in [0, 0.1) is 12.8 Å². The number of rotatable bonds is 8. The molecule has 2 atom stereocenters. The van der Waals surface area contributed by atoms with Crippen LogP contribution in [-0.2, 0) is 24.3 Å². The van der Waals surface area contributed by atoms with Crippen molar-refractivity contribution in [3.63, 3.8) is 0 Å². The highest BCUT2D eigenvalue weighted by molar-refractivity contribution is 5.96. The Morgan fingerprint density at radius 1 is 0.977 bits per heavy atom. The number of hydrogen-bond acceptors (Lipinski definition) is 4. The van der Waals surface area contributed by atoms with Gasteiger partial charge in [-0.2, -0.15) is 5.10 Å². The smallest absolute Gasteiger partial charge is 0.335 e. The molecule has 2 aliphatic carbocycles. The van der Waals surface area contributed by atoms with Crippen molar-refractivity contribution < 1.29 is 19.5 Å². The minimum atomic E-state index is -0.954. The largest absolute Gasteiger partial charge is 0.478 e. The van der Waals surface area contributed by atoms with E-state index < -0.39 is 5.97 Å². The molecule has 2 saturated carbocycles. The van der Waals surface area contributed by atoms with Crippen LogP contribution in [0.1, 0.15) is 85.3 Å². The Kier molecular flexibility index (Phi) is 6.84. The lowest BCUT2D eigenvalue weighted by Crippen LogP contribution is -2.37. The van der Waals surface area contributed by atoms with E-state index in [-0.39, 0.29) is 29.2 Å². The van der Waals surface area contributed by atoms with Gasteiger partial charge in [-0.25, -0.2) is 4.79 Å². The fourth-order valence-corrected chi connectivity index (χ4v) is 6.67. The summed E-state index contributed by atoms with van der Waals surface area (Å²) in [6, 6.07) is 19.6. The number of aromatic nitrogens is 2. The normalized spacial score (nSPS) is 19.0. The molecule has 7 rings (SSSR count). The summed E-state index contributed by atoms with van der Waals surface area (Å²) in [6.45, 7) is 3.17. The lowest BCUT2D eigenvalue weighted by molar-refractivity contribution is -0.122. The van der Waals surface area contributed by atoms with E-state index in [1.165, 1.54) is 5.56 Å². The second-order valence-corrected chi connectivity index (χ2v) is 12.0. The van der Waals surface area contributed by atoms with E-state index in [1.807, 2.05) is 48.2 Å². The molecule has 43 heavy (non-hydrogen) atoms. The molecule has 1 aromatic heterocycles. The van der Waals surface area contributed by atoms with Crippen molar-refractivity contribution in [2.75, 3.05) is 6.54 Å². The number of carbonyl (C=O) groups is 3. The van der Waals surface area contributed by atoms with Gasteiger partial charge in [0, 0.05) is 37.7 Å². The molecule has 3 aliphatic rings. The van der Waals surface area contributed by atoms with Crippen molar-refractivity contribution >= 4 is 17.8 Å². The molecular weight excluding hydrogens is 540 g/mol. The summed E-state index contributed by atoms with van der Waals surface area (Å²) in [7, 11) is 0. The zero-order chi connectivity index (χ0) is 29.7. The topological polar surface area (TPSA) is 115 Å². The second kappa shape index (κ2) is 10.8. The van der Waals surface area contributed by atoms with Crippen LogP contribution in [0.4, 0.5) is 0 Å². The number of nitrogens with one attached hydrogen (secondary N) is 2. The third-order valence-electron chi connectivity index (χ3n) is 9.32. The highest BCUT2D eigenvalue weighted by Crippen LogP contribution is 2.47. The van der Waals surface area contributed by atoms with Crippen LogP contribution in [0.15, 0.2) is 66.9 Å². The average molecular weight is 575 g/mol. The van der Waals surface area contributed by atoms with Crippen molar-refractivity contribution in [2.24, 2.45) is 5.92 Å². The summed E-state index contributed by atoms with van der Waals surface area (Å²) in [6.07, 6.45) is 5.30. The van der Waals surface area contributed by atoms with E-state index in [4.69, 9.17) is 0 Å². The number of aromatic amines is 1. The van der Waals surface area contributed by atoms with Gasteiger partial charge in [-0.05, 0) is 83.5 Å². The maximum absolute atomic E-state index is 13.7. The first-order chi connectivity index (χ1) is 20.9. The lowest BCUT2D eigenvalue weighted by atomic mass is 9.85. The van der Waals surface area contributed by atoms with Crippen molar-refractivity contribution in [3.05, 3.63) is 111 Å². The van der Waals surface area contributed by atoms with Gasteiger partial charge in [0.2, 0.25) is 5.91 Å². The van der Waals surface area contributed by atoms with Crippen LogP contribution in [-0.4, -0.2) is 44.5 Å². The molecular formula is C35H34N4O4. The standard InChI is InChI=1S/C35H34N4O4/c1-20-24(8-5-9-25(20)35(42)43)26-13-12-23(17-36-33(40)29-16-28(29)21-6-3-2-4-7-21)31-19-39(15-14-27(26)31)34(41)30-18-37-38-32(30)22-10-11-22/h2-9,12-13,18,22,28-29H,10-11,14-17,19H2,1H3,(H,36,40)(H,37,38)(H,42,43). The quantitative estimate of drug-likeness (QED) is 0.254. The molecule has 8 nitrogen and oxygen atoms in total. The third-order valence-corrected chi connectivity index (χ3v) is 9.32. The highest BCUT2D eigenvalue weighted by Gasteiger charge is 2.43. The Morgan fingerprint density at radius 3 is 2.56 bits per heavy atom. The highest BCUT2D eigenvalue weighted by atomic mass is 16.4. The van der Waals surface area contributed by atoms with E-state index >= 15 is 0 Å². The fourth-order valence-electron chi connectivity index (χ4n) is 6.67. The summed E-state index contributed by atoms with van der Waals surface area (Å²) in [5.74, 6) is -0.358. The zero-order valence-electron chi connectivity index (χ0n) is 24.1. The fraction of sp³-hybridized carbons (Fsp3) is 0.314. The van der Waals surface area contributed by atoms with Crippen LogP contribution in [0.5, 0.6) is 0 Å². The van der Waals surface area contributed by atoms with Gasteiger partial charge in [-0.3, -0.25) is 14.7 Å². The predicted molar refractivity (Wildman–Crippen MR) is 162 cm³/mol. The van der Waals surface area contributed by atoms with E-state index in [2.05, 4.69) is 27.6 Å². The van der Waals surface area contributed by atoms with Crippen LogP contribution < -0.4 is 5.32 Å². The molecule has 3 aromatic carbocycles. The van der Waals surface area contributed by atoms with E-state index in [1.54, 1.807) is 18.3 Å². The van der Waals surface area contributed by atoms with Gasteiger partial charge >= 0.3 is 5.97 Å². The molecule has 0 bridgehead atoms. The number of hydrogen-bond donors (Lipinski definition) is 3. The number of amides is 2.